The van der Waals surface area contributed by atoms with Gasteiger partial charge in [0.2, 0.25) is 0 Å². The lowest BCUT2D eigenvalue weighted by Gasteiger charge is -2.00. The maximum absolute atomic E-state index is 11.7. The Kier molecular flexibility index (Phi) is 5.33. The molecule has 0 fully saturated rings. The van der Waals surface area contributed by atoms with Crippen molar-refractivity contribution in [2.75, 3.05) is 5.75 Å². The van der Waals surface area contributed by atoms with Crippen LogP contribution in [0.2, 0.25) is 0 Å². The molecule has 0 aliphatic heterocycles. The van der Waals surface area contributed by atoms with Gasteiger partial charge >= 0.3 is 0 Å². The zero-order valence-electron chi connectivity index (χ0n) is 8.20. The lowest BCUT2D eigenvalue weighted by atomic mass is 10.3. The van der Waals surface area contributed by atoms with Gasteiger partial charge in [0.1, 0.15) is 5.03 Å². The minimum Gasteiger partial charge on any atom is -0.253 e. The van der Waals surface area contributed by atoms with Crippen LogP contribution in [-0.4, -0.2) is 14.9 Å². The molecule has 1 heterocycles. The van der Waals surface area contributed by atoms with Gasteiger partial charge < -0.3 is 0 Å². The van der Waals surface area contributed by atoms with Gasteiger partial charge in [-0.3, -0.25) is 4.21 Å². The zero-order valence-corrected chi connectivity index (χ0v) is 10.6. The molecule has 1 rings (SSSR count). The number of hydrogen-bond donors (Lipinski definition) is 0. The molecule has 1 aromatic heterocycles. The first-order valence-electron chi connectivity index (χ1n) is 4.74. The predicted molar refractivity (Wildman–Crippen MR) is 62.7 cm³/mol. The molecule has 0 amide bonds. The molecule has 0 aliphatic rings. The van der Waals surface area contributed by atoms with Crippen LogP contribution in [0.5, 0.6) is 0 Å². The molecule has 14 heavy (non-hydrogen) atoms. The second kappa shape index (κ2) is 6.30. The summed E-state index contributed by atoms with van der Waals surface area (Å²) >= 11 is 3.30. The fourth-order valence-electron chi connectivity index (χ4n) is 1.08. The van der Waals surface area contributed by atoms with E-state index in [1.54, 1.807) is 6.20 Å². The Balaban J connectivity index is 2.48. The van der Waals surface area contributed by atoms with Gasteiger partial charge in [0.05, 0.1) is 10.8 Å². The van der Waals surface area contributed by atoms with Crippen LogP contribution in [0, 0.1) is 0 Å². The van der Waals surface area contributed by atoms with E-state index in [0.717, 1.165) is 29.5 Å². The van der Waals surface area contributed by atoms with E-state index in [-0.39, 0.29) is 0 Å². The number of rotatable bonds is 5. The largest absolute Gasteiger partial charge is 0.253 e. The van der Waals surface area contributed by atoms with Crippen LogP contribution in [-0.2, 0) is 10.8 Å². The minimum absolute atomic E-state index is 0.685. The van der Waals surface area contributed by atoms with E-state index in [4.69, 9.17) is 0 Å². The molecule has 0 saturated heterocycles. The Morgan fingerprint density at radius 2 is 2.21 bits per heavy atom. The van der Waals surface area contributed by atoms with Gasteiger partial charge in [-0.25, -0.2) is 4.98 Å². The average molecular weight is 276 g/mol. The summed E-state index contributed by atoms with van der Waals surface area (Å²) in [5.74, 6) is 0.725. The lowest BCUT2D eigenvalue weighted by molar-refractivity contribution is 0.673. The van der Waals surface area contributed by atoms with Crippen LogP contribution in [0.25, 0.3) is 0 Å². The first-order chi connectivity index (χ1) is 6.74. The SMILES string of the molecule is CCCCC[S@@](=O)c1ccc(Br)cn1. The van der Waals surface area contributed by atoms with Crippen molar-refractivity contribution in [3.63, 3.8) is 0 Å². The van der Waals surface area contributed by atoms with Crippen molar-refractivity contribution >= 4 is 26.7 Å². The standard InChI is InChI=1S/C10H14BrNOS/c1-2-3-4-7-14(13)10-6-5-9(11)8-12-10/h5-6,8H,2-4,7H2,1H3/t14-/m1/s1. The van der Waals surface area contributed by atoms with E-state index in [0.29, 0.717) is 5.03 Å². The van der Waals surface area contributed by atoms with Gasteiger partial charge in [0.25, 0.3) is 0 Å². The van der Waals surface area contributed by atoms with Crippen molar-refractivity contribution in [1.29, 1.82) is 0 Å². The van der Waals surface area contributed by atoms with Gasteiger partial charge in [-0.05, 0) is 34.5 Å². The van der Waals surface area contributed by atoms with Crippen molar-refractivity contribution in [3.05, 3.63) is 22.8 Å². The minimum atomic E-state index is -0.925. The molecule has 0 radical (unpaired) electrons. The number of halogens is 1. The van der Waals surface area contributed by atoms with E-state index in [2.05, 4.69) is 27.8 Å². The Labute approximate surface area is 95.7 Å². The maximum Gasteiger partial charge on any atom is 0.127 e. The van der Waals surface area contributed by atoms with E-state index in [9.17, 15) is 4.21 Å². The summed E-state index contributed by atoms with van der Waals surface area (Å²) < 4.78 is 12.6. The van der Waals surface area contributed by atoms with Gasteiger partial charge in [0, 0.05) is 16.4 Å². The Morgan fingerprint density at radius 1 is 1.43 bits per heavy atom. The molecule has 2 nitrogen and oxygen atoms in total. The topological polar surface area (TPSA) is 30.0 Å². The zero-order chi connectivity index (χ0) is 10.4. The summed E-state index contributed by atoms with van der Waals surface area (Å²) in [7, 11) is -0.925. The summed E-state index contributed by atoms with van der Waals surface area (Å²) in [6.45, 7) is 2.14. The molecular weight excluding hydrogens is 262 g/mol. The highest BCUT2D eigenvalue weighted by Crippen LogP contribution is 2.11. The summed E-state index contributed by atoms with van der Waals surface area (Å²) in [6.07, 6.45) is 5.00. The van der Waals surface area contributed by atoms with Crippen LogP contribution in [0.1, 0.15) is 26.2 Å². The van der Waals surface area contributed by atoms with E-state index in [1.165, 1.54) is 0 Å². The van der Waals surface area contributed by atoms with Crippen LogP contribution >= 0.6 is 15.9 Å². The van der Waals surface area contributed by atoms with Crippen LogP contribution in [0.3, 0.4) is 0 Å². The quantitative estimate of drug-likeness (QED) is 0.773. The van der Waals surface area contributed by atoms with Crippen molar-refractivity contribution in [1.82, 2.24) is 4.98 Å². The van der Waals surface area contributed by atoms with Gasteiger partial charge in [0.15, 0.2) is 0 Å². The molecule has 0 spiro atoms. The number of nitrogens with zero attached hydrogens (tertiary/aromatic N) is 1. The molecule has 78 valence electrons. The fraction of sp³-hybridized carbons (Fsp3) is 0.500. The molecule has 1 atom stereocenters. The highest BCUT2D eigenvalue weighted by atomic mass is 79.9. The third-order valence-electron chi connectivity index (χ3n) is 1.87. The van der Waals surface area contributed by atoms with Crippen LogP contribution in [0.15, 0.2) is 27.8 Å². The van der Waals surface area contributed by atoms with Crippen LogP contribution in [0.4, 0.5) is 0 Å². The van der Waals surface area contributed by atoms with Gasteiger partial charge in [-0.15, -0.1) is 0 Å². The van der Waals surface area contributed by atoms with Crippen molar-refractivity contribution < 1.29 is 4.21 Å². The lowest BCUT2D eigenvalue weighted by Crippen LogP contribution is -2.00. The summed E-state index contributed by atoms with van der Waals surface area (Å²) in [6, 6.07) is 3.69. The maximum atomic E-state index is 11.7. The Morgan fingerprint density at radius 3 is 2.79 bits per heavy atom. The number of hydrogen-bond acceptors (Lipinski definition) is 2. The summed E-state index contributed by atoms with van der Waals surface area (Å²) in [4.78, 5) is 4.11. The highest BCUT2D eigenvalue weighted by Gasteiger charge is 2.03. The molecule has 0 aromatic carbocycles. The fourth-order valence-corrected chi connectivity index (χ4v) is 2.38. The van der Waals surface area contributed by atoms with Crippen molar-refractivity contribution in [2.45, 2.75) is 31.2 Å². The second-order valence-corrected chi connectivity index (χ2v) is 5.50. The molecule has 0 aliphatic carbocycles. The average Bonchev–Trinajstić information content (AvgIpc) is 2.19. The van der Waals surface area contributed by atoms with Gasteiger partial charge in [-0.1, -0.05) is 19.8 Å². The third-order valence-corrected chi connectivity index (χ3v) is 3.70. The molecular formula is C10H14BrNOS. The monoisotopic (exact) mass is 275 g/mol. The molecule has 0 saturated carbocycles. The molecule has 4 heteroatoms. The molecule has 0 N–H and O–H groups in total. The third kappa shape index (κ3) is 3.88. The molecule has 1 aromatic rings. The number of pyridine rings is 1. The highest BCUT2D eigenvalue weighted by molar-refractivity contribution is 9.10. The van der Waals surface area contributed by atoms with Crippen molar-refractivity contribution in [3.8, 4) is 0 Å². The Bertz CT molecular complexity index is 299. The molecule has 0 bridgehead atoms. The van der Waals surface area contributed by atoms with E-state index in [1.807, 2.05) is 12.1 Å². The smallest absolute Gasteiger partial charge is 0.127 e. The summed E-state index contributed by atoms with van der Waals surface area (Å²) in [5.41, 5.74) is 0. The normalized spacial score (nSPS) is 12.7. The summed E-state index contributed by atoms with van der Waals surface area (Å²) in [5, 5.41) is 0.685. The predicted octanol–water partition coefficient (Wildman–Crippen LogP) is 3.14. The second-order valence-electron chi connectivity index (χ2n) is 3.07. The Hall–Kier alpha value is -0.220. The molecule has 0 unspecified atom stereocenters. The van der Waals surface area contributed by atoms with Crippen molar-refractivity contribution in [2.24, 2.45) is 0 Å². The van der Waals surface area contributed by atoms with Crippen LogP contribution < -0.4 is 0 Å². The number of unbranched alkanes of at least 4 members (excludes halogenated alkanes) is 2. The van der Waals surface area contributed by atoms with Gasteiger partial charge in [-0.2, -0.15) is 0 Å². The first-order valence-corrected chi connectivity index (χ1v) is 6.85. The number of aromatic nitrogens is 1. The first kappa shape index (κ1) is 11.9. The van der Waals surface area contributed by atoms with E-state index < -0.39 is 10.8 Å². The van der Waals surface area contributed by atoms with E-state index >= 15 is 0 Å².